The van der Waals surface area contributed by atoms with Crippen molar-refractivity contribution in [2.75, 3.05) is 31.1 Å². The third-order valence-corrected chi connectivity index (χ3v) is 6.36. The van der Waals surface area contributed by atoms with Crippen LogP contribution < -0.4 is 4.90 Å². The summed E-state index contributed by atoms with van der Waals surface area (Å²) in [5.41, 5.74) is 1.04. The number of aromatic nitrogens is 2. The zero-order valence-electron chi connectivity index (χ0n) is 15.1. The van der Waals surface area contributed by atoms with E-state index in [2.05, 4.69) is 32.8 Å². The van der Waals surface area contributed by atoms with E-state index < -0.39 is 0 Å². The topological polar surface area (TPSA) is 49.3 Å². The van der Waals surface area contributed by atoms with Gasteiger partial charge < -0.3 is 9.69 Å². The van der Waals surface area contributed by atoms with E-state index in [1.807, 2.05) is 30.3 Å². The lowest BCUT2D eigenvalue weighted by Crippen LogP contribution is -2.48. The number of anilines is 1. The minimum atomic E-state index is -0.199. The number of aryl methyl sites for hydroxylation is 1. The average molecular weight is 401 g/mol. The summed E-state index contributed by atoms with van der Waals surface area (Å²) in [7, 11) is 0. The van der Waals surface area contributed by atoms with Crippen LogP contribution in [0.5, 0.6) is 0 Å². The molecule has 0 aliphatic carbocycles. The lowest BCUT2D eigenvalue weighted by atomic mass is 10.1. The highest BCUT2D eigenvalue weighted by molar-refractivity contribution is 7.18. The number of benzene rings is 1. The zero-order chi connectivity index (χ0) is 18.8. The first kappa shape index (κ1) is 18.3. The normalized spacial score (nSPS) is 16.6. The van der Waals surface area contributed by atoms with Crippen molar-refractivity contribution >= 4 is 45.3 Å². The number of halogens is 1. The molecule has 5 nitrogen and oxygen atoms in total. The van der Waals surface area contributed by atoms with Crippen LogP contribution in [0.3, 0.4) is 0 Å². The Labute approximate surface area is 167 Å². The Hall–Kier alpha value is -2.02. The SMILES string of the molecule is CCc1cc2c(N3CCN(C(C=O)c4ccccc4)CC3)nc(Cl)nc2s1. The van der Waals surface area contributed by atoms with E-state index in [1.54, 1.807) is 11.3 Å². The van der Waals surface area contributed by atoms with Crippen LogP contribution in [0, 0.1) is 0 Å². The van der Waals surface area contributed by atoms with Crippen LogP contribution in [0.15, 0.2) is 36.4 Å². The predicted molar refractivity (Wildman–Crippen MR) is 111 cm³/mol. The second kappa shape index (κ2) is 7.92. The Morgan fingerprint density at radius 2 is 1.93 bits per heavy atom. The van der Waals surface area contributed by atoms with E-state index in [-0.39, 0.29) is 6.04 Å². The maximum Gasteiger partial charge on any atom is 0.225 e. The lowest BCUT2D eigenvalue weighted by molar-refractivity contribution is -0.112. The molecule has 7 heteroatoms. The number of fused-ring (bicyclic) bond motifs is 1. The van der Waals surface area contributed by atoms with Crippen LogP contribution in [-0.2, 0) is 11.2 Å². The molecule has 1 atom stereocenters. The standard InChI is InChI=1S/C20H21ClN4OS/c1-2-15-12-16-18(22-20(21)23-19(16)27-15)25-10-8-24(9-11-25)17(13-26)14-6-4-3-5-7-14/h3-7,12-13,17H,2,8-11H2,1H3. The average Bonchev–Trinajstić information content (AvgIpc) is 3.12. The number of aldehydes is 1. The fraction of sp³-hybridized carbons (Fsp3) is 0.350. The first-order chi connectivity index (χ1) is 13.2. The summed E-state index contributed by atoms with van der Waals surface area (Å²) in [6, 6.07) is 11.9. The number of thiophene rings is 1. The van der Waals surface area contributed by atoms with Gasteiger partial charge in [0.15, 0.2) is 0 Å². The number of hydrogen-bond acceptors (Lipinski definition) is 6. The number of rotatable bonds is 5. The van der Waals surface area contributed by atoms with Crippen molar-refractivity contribution in [3.8, 4) is 0 Å². The molecule has 1 aliphatic heterocycles. The minimum absolute atomic E-state index is 0.199. The van der Waals surface area contributed by atoms with Gasteiger partial charge in [-0.1, -0.05) is 37.3 Å². The van der Waals surface area contributed by atoms with Crippen LogP contribution >= 0.6 is 22.9 Å². The molecule has 0 bridgehead atoms. The highest BCUT2D eigenvalue weighted by Crippen LogP contribution is 2.33. The fourth-order valence-electron chi connectivity index (χ4n) is 3.58. The third kappa shape index (κ3) is 3.70. The molecule has 0 saturated carbocycles. The van der Waals surface area contributed by atoms with Crippen LogP contribution in [0.2, 0.25) is 5.28 Å². The van der Waals surface area contributed by atoms with Gasteiger partial charge in [-0.2, -0.15) is 4.98 Å². The Bertz CT molecular complexity index is 938. The minimum Gasteiger partial charge on any atom is -0.353 e. The molecule has 1 saturated heterocycles. The molecule has 140 valence electrons. The largest absolute Gasteiger partial charge is 0.353 e. The Balaban J connectivity index is 1.55. The third-order valence-electron chi connectivity index (χ3n) is 5.02. The molecule has 4 rings (SSSR count). The molecule has 0 radical (unpaired) electrons. The molecule has 1 aliphatic rings. The number of carbonyl (C=O) groups excluding carboxylic acids is 1. The van der Waals surface area contributed by atoms with Crippen molar-refractivity contribution in [3.63, 3.8) is 0 Å². The summed E-state index contributed by atoms with van der Waals surface area (Å²) in [6.07, 6.45) is 2.01. The summed E-state index contributed by atoms with van der Waals surface area (Å²) < 4.78 is 0. The maximum absolute atomic E-state index is 11.7. The van der Waals surface area contributed by atoms with E-state index in [4.69, 9.17) is 11.6 Å². The molecular weight excluding hydrogens is 380 g/mol. The fourth-order valence-corrected chi connectivity index (χ4v) is 4.76. The van der Waals surface area contributed by atoms with Crippen LogP contribution in [0.1, 0.15) is 23.4 Å². The van der Waals surface area contributed by atoms with Crippen molar-refractivity contribution < 1.29 is 4.79 Å². The highest BCUT2D eigenvalue weighted by Gasteiger charge is 2.26. The molecule has 2 aromatic heterocycles. The highest BCUT2D eigenvalue weighted by atomic mass is 35.5. The summed E-state index contributed by atoms with van der Waals surface area (Å²) in [4.78, 5) is 27.3. The van der Waals surface area contributed by atoms with Crippen LogP contribution in [0.4, 0.5) is 5.82 Å². The summed E-state index contributed by atoms with van der Waals surface area (Å²) in [6.45, 7) is 5.34. The van der Waals surface area contributed by atoms with Crippen molar-refractivity contribution in [2.24, 2.45) is 0 Å². The monoisotopic (exact) mass is 400 g/mol. The van der Waals surface area contributed by atoms with E-state index in [1.165, 1.54) is 4.88 Å². The maximum atomic E-state index is 11.7. The molecule has 27 heavy (non-hydrogen) atoms. The molecule has 3 heterocycles. The van der Waals surface area contributed by atoms with E-state index in [0.717, 1.165) is 60.5 Å². The van der Waals surface area contributed by atoms with Crippen LogP contribution in [-0.4, -0.2) is 47.3 Å². The van der Waals surface area contributed by atoms with Crippen molar-refractivity contribution in [1.29, 1.82) is 0 Å². The molecule has 0 spiro atoms. The van der Waals surface area contributed by atoms with Crippen molar-refractivity contribution in [1.82, 2.24) is 14.9 Å². The first-order valence-corrected chi connectivity index (χ1v) is 10.3. The Morgan fingerprint density at radius 1 is 1.19 bits per heavy atom. The number of hydrogen-bond donors (Lipinski definition) is 0. The Morgan fingerprint density at radius 3 is 2.59 bits per heavy atom. The predicted octanol–water partition coefficient (Wildman–Crippen LogP) is 3.97. The van der Waals surface area contributed by atoms with Gasteiger partial charge in [0.1, 0.15) is 16.9 Å². The van der Waals surface area contributed by atoms with Gasteiger partial charge in [-0.3, -0.25) is 4.90 Å². The number of piperazine rings is 1. The summed E-state index contributed by atoms with van der Waals surface area (Å²) in [5, 5.41) is 1.36. The van der Waals surface area contributed by atoms with Crippen molar-refractivity contribution in [3.05, 3.63) is 52.1 Å². The number of carbonyl (C=O) groups is 1. The van der Waals surface area contributed by atoms with Crippen LogP contribution in [0.25, 0.3) is 10.2 Å². The van der Waals surface area contributed by atoms with Gasteiger partial charge in [0.25, 0.3) is 0 Å². The van der Waals surface area contributed by atoms with Gasteiger partial charge in [0.2, 0.25) is 5.28 Å². The molecule has 1 unspecified atom stereocenters. The summed E-state index contributed by atoms with van der Waals surface area (Å²) >= 11 is 7.86. The molecule has 0 N–H and O–H groups in total. The Kier molecular flexibility index (Phi) is 5.38. The summed E-state index contributed by atoms with van der Waals surface area (Å²) in [5.74, 6) is 0.906. The molecule has 0 amide bonds. The van der Waals surface area contributed by atoms with E-state index in [0.29, 0.717) is 5.28 Å². The van der Waals surface area contributed by atoms with Gasteiger partial charge in [0, 0.05) is 31.1 Å². The molecular formula is C20H21ClN4OS. The van der Waals surface area contributed by atoms with E-state index >= 15 is 0 Å². The van der Waals surface area contributed by atoms with Gasteiger partial charge >= 0.3 is 0 Å². The zero-order valence-corrected chi connectivity index (χ0v) is 16.7. The van der Waals surface area contributed by atoms with Gasteiger partial charge in [-0.15, -0.1) is 11.3 Å². The second-order valence-corrected chi connectivity index (χ2v) is 8.07. The van der Waals surface area contributed by atoms with Gasteiger partial charge in [-0.25, -0.2) is 4.98 Å². The molecule has 1 aromatic carbocycles. The first-order valence-electron chi connectivity index (χ1n) is 9.14. The quantitative estimate of drug-likeness (QED) is 0.479. The molecule has 1 fully saturated rings. The second-order valence-electron chi connectivity index (χ2n) is 6.62. The smallest absolute Gasteiger partial charge is 0.225 e. The lowest BCUT2D eigenvalue weighted by Gasteiger charge is -2.38. The van der Waals surface area contributed by atoms with E-state index in [9.17, 15) is 4.79 Å². The van der Waals surface area contributed by atoms with Gasteiger partial charge in [-0.05, 0) is 29.7 Å². The number of nitrogens with zero attached hydrogens (tertiary/aromatic N) is 4. The van der Waals surface area contributed by atoms with Gasteiger partial charge in [0.05, 0.1) is 11.4 Å². The molecule has 3 aromatic rings. The van der Waals surface area contributed by atoms with Crippen molar-refractivity contribution in [2.45, 2.75) is 19.4 Å².